The van der Waals surface area contributed by atoms with Crippen LogP contribution in [0.2, 0.25) is 0 Å². The second kappa shape index (κ2) is 8.40. The molecule has 1 N–H and O–H groups in total. The van der Waals surface area contributed by atoms with Crippen molar-refractivity contribution < 1.29 is 9.53 Å². The van der Waals surface area contributed by atoms with Crippen LogP contribution in [0, 0.1) is 0 Å². The fourth-order valence-corrected chi connectivity index (χ4v) is 3.92. The van der Waals surface area contributed by atoms with Gasteiger partial charge in [0.2, 0.25) is 5.91 Å². The Morgan fingerprint density at radius 2 is 1.75 bits per heavy atom. The van der Waals surface area contributed by atoms with E-state index in [9.17, 15) is 4.79 Å². The van der Waals surface area contributed by atoms with Gasteiger partial charge in [0.15, 0.2) is 0 Å². The van der Waals surface area contributed by atoms with Crippen molar-refractivity contribution in [1.82, 2.24) is 15.1 Å². The van der Waals surface area contributed by atoms with Crippen LogP contribution in [0.25, 0.3) is 0 Å². The highest BCUT2D eigenvalue weighted by atomic mass is 16.5. The minimum atomic E-state index is 0.0384. The van der Waals surface area contributed by atoms with Crippen LogP contribution in [0.4, 0.5) is 0 Å². The van der Waals surface area contributed by atoms with E-state index in [0.29, 0.717) is 19.6 Å². The van der Waals surface area contributed by atoms with Crippen LogP contribution < -0.4 is 0 Å². The number of nitrogens with one attached hydrogen (secondary N) is 1. The molecule has 1 aliphatic rings. The number of hydrogen-bond donors (Lipinski definition) is 1. The van der Waals surface area contributed by atoms with Crippen molar-refractivity contribution in [2.24, 2.45) is 0 Å². The Morgan fingerprint density at radius 3 is 2.36 bits per heavy atom. The molecule has 0 fully saturated rings. The molecule has 0 radical (unpaired) electrons. The monoisotopic (exact) mass is 375 g/mol. The maximum atomic E-state index is 12.5. The summed E-state index contributed by atoms with van der Waals surface area (Å²) in [7, 11) is 1.63. The molecule has 1 amide bonds. The molecule has 0 spiro atoms. The summed E-state index contributed by atoms with van der Waals surface area (Å²) in [6, 6.07) is 20.9. The van der Waals surface area contributed by atoms with Gasteiger partial charge in [0, 0.05) is 37.9 Å². The molecule has 3 aromatic rings. The van der Waals surface area contributed by atoms with Crippen molar-refractivity contribution in [3.8, 4) is 0 Å². The zero-order valence-electron chi connectivity index (χ0n) is 16.1. The van der Waals surface area contributed by atoms with Crippen LogP contribution in [0.1, 0.15) is 40.4 Å². The van der Waals surface area contributed by atoms with Crippen LogP contribution in [0.5, 0.6) is 0 Å². The summed E-state index contributed by atoms with van der Waals surface area (Å²) in [6.07, 6.45) is 1.22. The first-order valence-corrected chi connectivity index (χ1v) is 9.70. The van der Waals surface area contributed by atoms with Crippen molar-refractivity contribution in [3.05, 3.63) is 88.7 Å². The number of H-pyrrole nitrogens is 1. The zero-order valence-corrected chi connectivity index (χ0v) is 16.1. The Balaban J connectivity index is 1.70. The highest BCUT2D eigenvalue weighted by Crippen LogP contribution is 2.35. The SMILES string of the molecule is COCCC(=O)N1CCc2[nH]nc(C(c3ccccc3)c3ccccc3)c2C1. The van der Waals surface area contributed by atoms with E-state index in [2.05, 4.69) is 53.6 Å². The van der Waals surface area contributed by atoms with Gasteiger partial charge in [-0.25, -0.2) is 0 Å². The molecule has 1 aromatic heterocycles. The van der Waals surface area contributed by atoms with Crippen LogP contribution in [-0.4, -0.2) is 41.3 Å². The first kappa shape index (κ1) is 18.4. The van der Waals surface area contributed by atoms with E-state index < -0.39 is 0 Å². The largest absolute Gasteiger partial charge is 0.384 e. The second-order valence-corrected chi connectivity index (χ2v) is 7.13. The van der Waals surface area contributed by atoms with Gasteiger partial charge in [-0.05, 0) is 11.1 Å². The lowest BCUT2D eigenvalue weighted by Gasteiger charge is -2.28. The first-order valence-electron chi connectivity index (χ1n) is 9.70. The van der Waals surface area contributed by atoms with Gasteiger partial charge in [0.05, 0.1) is 24.6 Å². The van der Waals surface area contributed by atoms with Crippen molar-refractivity contribution >= 4 is 5.91 Å². The smallest absolute Gasteiger partial charge is 0.225 e. The number of ether oxygens (including phenoxy) is 1. The highest BCUT2D eigenvalue weighted by Gasteiger charge is 2.29. The van der Waals surface area contributed by atoms with Crippen molar-refractivity contribution in [1.29, 1.82) is 0 Å². The van der Waals surface area contributed by atoms with Crippen molar-refractivity contribution in [3.63, 3.8) is 0 Å². The summed E-state index contributed by atoms with van der Waals surface area (Å²) in [5.41, 5.74) is 5.70. The number of rotatable bonds is 6. The molecule has 0 unspecified atom stereocenters. The fraction of sp³-hybridized carbons (Fsp3) is 0.304. The number of benzene rings is 2. The number of nitrogens with zero attached hydrogens (tertiary/aromatic N) is 2. The van der Waals surface area contributed by atoms with Crippen LogP contribution in [-0.2, 0) is 22.5 Å². The minimum absolute atomic E-state index is 0.0384. The molecule has 5 nitrogen and oxygen atoms in total. The molecule has 0 atom stereocenters. The lowest BCUT2D eigenvalue weighted by Crippen LogP contribution is -2.36. The molecule has 0 bridgehead atoms. The van der Waals surface area contributed by atoms with E-state index in [4.69, 9.17) is 9.84 Å². The average Bonchev–Trinajstić information content (AvgIpc) is 3.17. The van der Waals surface area contributed by atoms with Gasteiger partial charge in [-0.15, -0.1) is 0 Å². The first-order chi connectivity index (χ1) is 13.8. The average molecular weight is 375 g/mol. The third-order valence-corrected chi connectivity index (χ3v) is 5.38. The van der Waals surface area contributed by atoms with E-state index in [0.717, 1.165) is 29.9 Å². The van der Waals surface area contributed by atoms with E-state index in [1.165, 1.54) is 11.1 Å². The number of methoxy groups -OCH3 is 1. The maximum Gasteiger partial charge on any atom is 0.225 e. The normalized spacial score (nSPS) is 13.6. The molecule has 0 saturated heterocycles. The van der Waals surface area contributed by atoms with Gasteiger partial charge >= 0.3 is 0 Å². The highest BCUT2D eigenvalue weighted by molar-refractivity contribution is 5.76. The standard InChI is InChI=1S/C23H25N3O2/c1-28-15-13-21(27)26-14-12-20-19(16-26)23(25-24-20)22(17-8-4-2-5-9-17)18-10-6-3-7-11-18/h2-11,22H,12-16H2,1H3,(H,24,25). The molecule has 4 rings (SSSR count). The molecular weight excluding hydrogens is 350 g/mol. The lowest BCUT2D eigenvalue weighted by molar-refractivity contribution is -0.133. The minimum Gasteiger partial charge on any atom is -0.384 e. The van der Waals surface area contributed by atoms with Crippen molar-refractivity contribution in [2.75, 3.05) is 20.3 Å². The number of aromatic nitrogens is 2. The van der Waals surface area contributed by atoms with E-state index in [1.54, 1.807) is 7.11 Å². The number of aromatic amines is 1. The molecule has 28 heavy (non-hydrogen) atoms. The fourth-order valence-electron chi connectivity index (χ4n) is 3.92. The van der Waals surface area contributed by atoms with Gasteiger partial charge in [0.1, 0.15) is 0 Å². The molecule has 144 valence electrons. The molecule has 5 heteroatoms. The third kappa shape index (κ3) is 3.71. The summed E-state index contributed by atoms with van der Waals surface area (Å²) >= 11 is 0. The number of carbonyl (C=O) groups is 1. The van der Waals surface area contributed by atoms with Crippen LogP contribution in [0.15, 0.2) is 60.7 Å². The molecule has 1 aliphatic heterocycles. The quantitative estimate of drug-likeness (QED) is 0.717. The van der Waals surface area contributed by atoms with E-state index in [-0.39, 0.29) is 11.8 Å². The molecule has 0 aliphatic carbocycles. The predicted octanol–water partition coefficient (Wildman–Crippen LogP) is 3.51. The Kier molecular flexibility index (Phi) is 5.53. The lowest BCUT2D eigenvalue weighted by atomic mass is 9.85. The Hall–Kier alpha value is -2.92. The number of carbonyl (C=O) groups excluding carboxylic acids is 1. The Morgan fingerprint density at radius 1 is 1.11 bits per heavy atom. The van der Waals surface area contributed by atoms with Gasteiger partial charge < -0.3 is 9.64 Å². The number of fused-ring (bicyclic) bond motifs is 1. The van der Waals surface area contributed by atoms with Gasteiger partial charge in [0.25, 0.3) is 0 Å². The summed E-state index contributed by atoms with van der Waals surface area (Å²) in [6.45, 7) is 1.77. The van der Waals surface area contributed by atoms with Gasteiger partial charge in [-0.3, -0.25) is 9.89 Å². The summed E-state index contributed by atoms with van der Waals surface area (Å²) < 4.78 is 5.07. The molecule has 0 saturated carbocycles. The number of amides is 1. The van der Waals surface area contributed by atoms with Crippen LogP contribution in [0.3, 0.4) is 0 Å². The third-order valence-electron chi connectivity index (χ3n) is 5.38. The van der Waals surface area contributed by atoms with Crippen LogP contribution >= 0.6 is 0 Å². The molecular formula is C23H25N3O2. The van der Waals surface area contributed by atoms with Gasteiger partial charge in [-0.2, -0.15) is 5.10 Å². The summed E-state index contributed by atoms with van der Waals surface area (Å²) in [4.78, 5) is 14.4. The summed E-state index contributed by atoms with van der Waals surface area (Å²) in [5, 5.41) is 7.96. The summed E-state index contributed by atoms with van der Waals surface area (Å²) in [5.74, 6) is 0.173. The maximum absolute atomic E-state index is 12.5. The van der Waals surface area contributed by atoms with E-state index >= 15 is 0 Å². The molecule has 2 aromatic carbocycles. The predicted molar refractivity (Wildman–Crippen MR) is 108 cm³/mol. The molecule has 2 heterocycles. The van der Waals surface area contributed by atoms with Crippen molar-refractivity contribution in [2.45, 2.75) is 25.3 Å². The van der Waals surface area contributed by atoms with Gasteiger partial charge in [-0.1, -0.05) is 60.7 Å². The topological polar surface area (TPSA) is 58.2 Å². The Bertz CT molecular complexity index is 882. The number of hydrogen-bond acceptors (Lipinski definition) is 3. The Labute approximate surface area is 165 Å². The zero-order chi connectivity index (χ0) is 19.3. The van der Waals surface area contributed by atoms with E-state index in [1.807, 2.05) is 17.0 Å². The second-order valence-electron chi connectivity index (χ2n) is 7.13.